The fraction of sp³-hybridized carbons (Fsp3) is 0.833. The van der Waals surface area contributed by atoms with Crippen LogP contribution in [0.4, 0.5) is 0 Å². The molecule has 158 valence electrons. The maximum atomic E-state index is 12.2. The van der Waals surface area contributed by atoms with Crippen molar-refractivity contribution < 1.29 is 38.1 Å². The van der Waals surface area contributed by atoms with Gasteiger partial charge in [0, 0.05) is 13.2 Å². The minimum absolute atomic E-state index is 0.0405. The zero-order chi connectivity index (χ0) is 20.3. The molecule has 0 aliphatic rings. The van der Waals surface area contributed by atoms with Crippen molar-refractivity contribution in [1.82, 2.24) is 0 Å². The van der Waals surface area contributed by atoms with Gasteiger partial charge in [-0.2, -0.15) is 0 Å². The number of hydrogen-bond acceptors (Lipinski definition) is 9. The molecule has 0 bridgehead atoms. The molecule has 0 fully saturated rings. The van der Waals surface area contributed by atoms with E-state index in [1.807, 2.05) is 20.8 Å². The van der Waals surface area contributed by atoms with Gasteiger partial charge in [-0.1, -0.05) is 13.3 Å². The number of unbranched alkanes of at least 4 members (excludes halogenated alkanes) is 1. The van der Waals surface area contributed by atoms with E-state index in [1.165, 1.54) is 0 Å². The fourth-order valence-corrected chi connectivity index (χ4v) is 2.64. The third kappa shape index (κ3) is 15.4. The van der Waals surface area contributed by atoms with Crippen molar-refractivity contribution in [2.75, 3.05) is 52.0 Å². The molecular weight excluding hydrogens is 376 g/mol. The van der Waals surface area contributed by atoms with Gasteiger partial charge in [-0.05, 0) is 20.3 Å². The van der Waals surface area contributed by atoms with Crippen molar-refractivity contribution in [3.05, 3.63) is 0 Å². The lowest BCUT2D eigenvalue weighted by molar-refractivity contribution is -0.151. The molecule has 0 rings (SSSR count). The second-order valence-electron chi connectivity index (χ2n) is 5.36. The molecule has 1 atom stereocenters. The summed E-state index contributed by atoms with van der Waals surface area (Å²) < 4.78 is 25.4. The van der Waals surface area contributed by atoms with Crippen LogP contribution in [0.25, 0.3) is 0 Å². The predicted octanol–water partition coefficient (Wildman–Crippen LogP) is 1.98. The van der Waals surface area contributed by atoms with Gasteiger partial charge in [0.25, 0.3) is 0 Å². The molecule has 8 nitrogen and oxygen atoms in total. The van der Waals surface area contributed by atoms with E-state index in [4.69, 9.17) is 23.7 Å². The second-order valence-corrected chi connectivity index (χ2v) is 6.55. The minimum atomic E-state index is -0.843. The van der Waals surface area contributed by atoms with Crippen LogP contribution < -0.4 is 0 Å². The molecule has 0 aromatic rings. The Balaban J connectivity index is 4.44. The highest BCUT2D eigenvalue weighted by molar-refractivity contribution is 8.01. The number of carbonyl (C=O) groups is 3. The largest absolute Gasteiger partial charge is 0.465 e. The molecule has 0 amide bonds. The van der Waals surface area contributed by atoms with E-state index in [1.54, 1.807) is 0 Å². The number of ether oxygens (including phenoxy) is 5. The van der Waals surface area contributed by atoms with Crippen molar-refractivity contribution in [2.24, 2.45) is 0 Å². The number of rotatable bonds is 17. The standard InChI is InChI=1S/C18H32O8S/c1-4-7-8-24-17(20)14-27-15(18(21)26-12-10-23-6-3)13-16(19)25-11-9-22-5-2/h15H,4-14H2,1-3H3. The maximum Gasteiger partial charge on any atom is 0.319 e. The van der Waals surface area contributed by atoms with E-state index in [9.17, 15) is 14.4 Å². The predicted molar refractivity (Wildman–Crippen MR) is 102 cm³/mol. The smallest absolute Gasteiger partial charge is 0.319 e. The number of esters is 3. The van der Waals surface area contributed by atoms with Crippen LogP contribution in [0.5, 0.6) is 0 Å². The summed E-state index contributed by atoms with van der Waals surface area (Å²) >= 11 is 1.01. The van der Waals surface area contributed by atoms with Gasteiger partial charge >= 0.3 is 17.9 Å². The zero-order valence-corrected chi connectivity index (χ0v) is 17.3. The summed E-state index contributed by atoms with van der Waals surface area (Å²) in [4.78, 5) is 35.8. The molecular formula is C18H32O8S. The molecule has 0 spiro atoms. The summed E-state index contributed by atoms with van der Waals surface area (Å²) in [6, 6.07) is 0. The van der Waals surface area contributed by atoms with Gasteiger partial charge in [-0.3, -0.25) is 14.4 Å². The van der Waals surface area contributed by atoms with E-state index < -0.39 is 23.2 Å². The van der Waals surface area contributed by atoms with E-state index in [0.29, 0.717) is 26.4 Å². The van der Waals surface area contributed by atoms with Gasteiger partial charge in [0.2, 0.25) is 0 Å². The summed E-state index contributed by atoms with van der Waals surface area (Å²) in [5, 5.41) is -0.843. The lowest BCUT2D eigenvalue weighted by atomic mass is 10.3. The number of thioether (sulfide) groups is 1. The monoisotopic (exact) mass is 408 g/mol. The van der Waals surface area contributed by atoms with E-state index >= 15 is 0 Å². The molecule has 1 unspecified atom stereocenters. The first-order valence-corrected chi connectivity index (χ1v) is 10.3. The van der Waals surface area contributed by atoms with Crippen molar-refractivity contribution in [3.8, 4) is 0 Å². The summed E-state index contributed by atoms with van der Waals surface area (Å²) in [6.07, 6.45) is 1.51. The first-order valence-electron chi connectivity index (χ1n) is 9.30. The Morgan fingerprint density at radius 3 is 1.96 bits per heavy atom. The van der Waals surface area contributed by atoms with Crippen LogP contribution in [-0.2, 0) is 38.1 Å². The Morgan fingerprint density at radius 2 is 1.37 bits per heavy atom. The van der Waals surface area contributed by atoms with Crippen molar-refractivity contribution in [2.45, 2.75) is 45.3 Å². The van der Waals surface area contributed by atoms with Crippen LogP contribution in [0.3, 0.4) is 0 Å². The molecule has 0 aliphatic heterocycles. The quantitative estimate of drug-likeness (QED) is 0.203. The fourth-order valence-electron chi connectivity index (χ4n) is 1.76. The van der Waals surface area contributed by atoms with Crippen LogP contribution in [0, 0.1) is 0 Å². The van der Waals surface area contributed by atoms with Crippen LogP contribution in [-0.4, -0.2) is 75.2 Å². The minimum Gasteiger partial charge on any atom is -0.465 e. The van der Waals surface area contributed by atoms with Gasteiger partial charge in [0.15, 0.2) is 0 Å². The van der Waals surface area contributed by atoms with Crippen molar-refractivity contribution in [1.29, 1.82) is 0 Å². The third-order valence-electron chi connectivity index (χ3n) is 3.15. The summed E-state index contributed by atoms with van der Waals surface area (Å²) in [5.41, 5.74) is 0. The summed E-state index contributed by atoms with van der Waals surface area (Å²) in [5.74, 6) is -1.59. The van der Waals surface area contributed by atoms with Crippen LogP contribution in [0.2, 0.25) is 0 Å². The topological polar surface area (TPSA) is 97.4 Å². The highest BCUT2D eigenvalue weighted by Crippen LogP contribution is 2.18. The van der Waals surface area contributed by atoms with E-state index in [2.05, 4.69) is 0 Å². The van der Waals surface area contributed by atoms with E-state index in [-0.39, 0.29) is 32.0 Å². The number of carbonyl (C=O) groups excluding carboxylic acids is 3. The average molecular weight is 409 g/mol. The van der Waals surface area contributed by atoms with Crippen LogP contribution >= 0.6 is 11.8 Å². The van der Waals surface area contributed by atoms with Gasteiger partial charge in [-0.25, -0.2) is 0 Å². The van der Waals surface area contributed by atoms with Crippen molar-refractivity contribution in [3.63, 3.8) is 0 Å². The first-order chi connectivity index (χ1) is 13.0. The summed E-state index contributed by atoms with van der Waals surface area (Å²) in [7, 11) is 0. The van der Waals surface area contributed by atoms with Gasteiger partial charge < -0.3 is 23.7 Å². The molecule has 0 aromatic carbocycles. The van der Waals surface area contributed by atoms with E-state index in [0.717, 1.165) is 24.6 Å². The molecule has 0 heterocycles. The first kappa shape index (κ1) is 25.7. The third-order valence-corrected chi connectivity index (χ3v) is 4.31. The normalized spacial score (nSPS) is 11.7. The summed E-state index contributed by atoms with van der Waals surface area (Å²) in [6.45, 7) is 7.84. The molecule has 0 aromatic heterocycles. The van der Waals surface area contributed by atoms with Crippen LogP contribution in [0.1, 0.15) is 40.0 Å². The lowest BCUT2D eigenvalue weighted by Crippen LogP contribution is -2.27. The molecule has 27 heavy (non-hydrogen) atoms. The average Bonchev–Trinajstić information content (AvgIpc) is 2.65. The van der Waals surface area contributed by atoms with Crippen molar-refractivity contribution >= 4 is 29.7 Å². The van der Waals surface area contributed by atoms with Gasteiger partial charge in [0.05, 0.1) is 32.0 Å². The lowest BCUT2D eigenvalue weighted by Gasteiger charge is -2.15. The van der Waals surface area contributed by atoms with Gasteiger partial charge in [-0.15, -0.1) is 11.8 Å². The molecule has 0 aliphatic carbocycles. The molecule has 0 N–H and O–H groups in total. The Bertz CT molecular complexity index is 416. The highest BCUT2D eigenvalue weighted by Gasteiger charge is 2.26. The highest BCUT2D eigenvalue weighted by atomic mass is 32.2. The van der Waals surface area contributed by atoms with Gasteiger partial charge in [0.1, 0.15) is 18.5 Å². The molecule has 0 radical (unpaired) electrons. The Hall–Kier alpha value is -1.32. The second kappa shape index (κ2) is 18.1. The Labute approximate surface area is 165 Å². The Kier molecular flexibility index (Phi) is 17.2. The molecule has 0 saturated carbocycles. The molecule has 9 heteroatoms. The SMILES string of the molecule is CCCCOC(=O)CSC(CC(=O)OCCOCC)C(=O)OCCOCC. The maximum absolute atomic E-state index is 12.2. The Morgan fingerprint density at radius 1 is 0.778 bits per heavy atom. The molecule has 0 saturated heterocycles. The zero-order valence-electron chi connectivity index (χ0n) is 16.5. The number of hydrogen-bond donors (Lipinski definition) is 0. The van der Waals surface area contributed by atoms with Crippen LogP contribution in [0.15, 0.2) is 0 Å².